The second-order valence-electron chi connectivity index (χ2n) is 6.30. The van der Waals surface area contributed by atoms with Crippen LogP contribution in [0.3, 0.4) is 0 Å². The van der Waals surface area contributed by atoms with Crippen molar-refractivity contribution in [3.05, 3.63) is 52.5 Å². The lowest BCUT2D eigenvalue weighted by molar-refractivity contribution is 0.0473. The van der Waals surface area contributed by atoms with Gasteiger partial charge in [0.2, 0.25) is 15.8 Å². The van der Waals surface area contributed by atoms with Gasteiger partial charge in [0.15, 0.2) is 6.61 Å². The number of benzene rings is 2. The summed E-state index contributed by atoms with van der Waals surface area (Å²) in [5.74, 6) is -0.556. The summed E-state index contributed by atoms with van der Waals surface area (Å²) in [7, 11) is -0.989. The molecule has 0 radical (unpaired) electrons. The number of nitrogens with zero attached hydrogens (tertiary/aromatic N) is 1. The third kappa shape index (κ3) is 5.55. The van der Waals surface area contributed by atoms with Crippen molar-refractivity contribution >= 4 is 33.4 Å². The molecular formula is C21H24ClNO7S. The van der Waals surface area contributed by atoms with Gasteiger partial charge in [-0.25, -0.2) is 13.2 Å². The van der Waals surface area contributed by atoms with Crippen molar-refractivity contribution in [3.63, 3.8) is 0 Å². The first-order valence-electron chi connectivity index (χ1n) is 9.41. The third-order valence-electron chi connectivity index (χ3n) is 4.53. The number of methoxy groups -OCH3 is 2. The van der Waals surface area contributed by atoms with Crippen molar-refractivity contribution in [2.45, 2.75) is 18.7 Å². The molecule has 0 saturated carbocycles. The standard InChI is InChI=1S/C21H24ClNO7S/c1-5-23(6-2)31(26,27)20-11-14(7-10-17(20)22)21(25)30-13-18(24)16-9-8-15(28-3)12-19(16)29-4/h7-12H,5-6,13H2,1-4H3. The van der Waals surface area contributed by atoms with E-state index in [0.29, 0.717) is 5.75 Å². The van der Waals surface area contributed by atoms with E-state index in [0.717, 1.165) is 6.07 Å². The van der Waals surface area contributed by atoms with Crippen LogP contribution in [0.5, 0.6) is 11.5 Å². The van der Waals surface area contributed by atoms with E-state index < -0.39 is 28.4 Å². The zero-order valence-corrected chi connectivity index (χ0v) is 19.2. The summed E-state index contributed by atoms with van der Waals surface area (Å²) in [6, 6.07) is 8.43. The van der Waals surface area contributed by atoms with E-state index in [2.05, 4.69) is 0 Å². The number of esters is 1. The number of halogens is 1. The number of rotatable bonds is 10. The molecule has 0 aliphatic heterocycles. The fraction of sp³-hybridized carbons (Fsp3) is 0.333. The highest BCUT2D eigenvalue weighted by atomic mass is 35.5. The predicted octanol–water partition coefficient (Wildman–Crippen LogP) is 3.43. The van der Waals surface area contributed by atoms with Gasteiger partial charge in [-0.2, -0.15) is 4.31 Å². The molecule has 0 aliphatic rings. The highest BCUT2D eigenvalue weighted by Gasteiger charge is 2.26. The van der Waals surface area contributed by atoms with Crippen LogP contribution in [-0.2, 0) is 14.8 Å². The molecule has 0 heterocycles. The van der Waals surface area contributed by atoms with Crippen molar-refractivity contribution in [2.24, 2.45) is 0 Å². The molecule has 31 heavy (non-hydrogen) atoms. The van der Waals surface area contributed by atoms with Crippen molar-refractivity contribution in [3.8, 4) is 11.5 Å². The summed E-state index contributed by atoms with van der Waals surface area (Å²) in [5, 5.41) is -0.0116. The normalized spacial score (nSPS) is 11.3. The van der Waals surface area contributed by atoms with Gasteiger partial charge in [-0.15, -0.1) is 0 Å². The Kier molecular flexibility index (Phi) is 8.43. The minimum Gasteiger partial charge on any atom is -0.497 e. The SMILES string of the molecule is CCN(CC)S(=O)(=O)c1cc(C(=O)OCC(=O)c2ccc(OC)cc2OC)ccc1Cl. The Balaban J connectivity index is 2.21. The second kappa shape index (κ2) is 10.6. The number of carbonyl (C=O) groups is 2. The molecule has 2 rings (SSSR count). The van der Waals surface area contributed by atoms with E-state index in [1.165, 1.54) is 36.7 Å². The van der Waals surface area contributed by atoms with Crippen LogP contribution in [0.1, 0.15) is 34.6 Å². The number of ether oxygens (including phenoxy) is 3. The number of hydrogen-bond donors (Lipinski definition) is 0. The van der Waals surface area contributed by atoms with Gasteiger partial charge in [-0.1, -0.05) is 25.4 Å². The average Bonchev–Trinajstić information content (AvgIpc) is 2.77. The lowest BCUT2D eigenvalue weighted by atomic mass is 10.1. The summed E-state index contributed by atoms with van der Waals surface area (Å²) in [4.78, 5) is 24.7. The maximum atomic E-state index is 12.8. The Labute approximate surface area is 186 Å². The molecule has 0 saturated heterocycles. The lowest BCUT2D eigenvalue weighted by Gasteiger charge is -2.19. The van der Waals surface area contributed by atoms with Gasteiger partial charge in [0.25, 0.3) is 0 Å². The van der Waals surface area contributed by atoms with Crippen LogP contribution >= 0.6 is 11.6 Å². The molecule has 10 heteroatoms. The molecule has 0 N–H and O–H groups in total. The average molecular weight is 470 g/mol. The van der Waals surface area contributed by atoms with Gasteiger partial charge < -0.3 is 14.2 Å². The van der Waals surface area contributed by atoms with Crippen molar-refractivity contribution in [2.75, 3.05) is 33.9 Å². The molecule has 0 aliphatic carbocycles. The minimum absolute atomic E-state index is 0.0116. The Morgan fingerprint density at radius 2 is 1.68 bits per heavy atom. The lowest BCUT2D eigenvalue weighted by Crippen LogP contribution is -2.31. The van der Waals surface area contributed by atoms with E-state index in [4.69, 9.17) is 25.8 Å². The van der Waals surface area contributed by atoms with E-state index in [1.54, 1.807) is 26.0 Å². The Morgan fingerprint density at radius 1 is 1.00 bits per heavy atom. The third-order valence-corrected chi connectivity index (χ3v) is 7.07. The van der Waals surface area contributed by atoms with Gasteiger partial charge >= 0.3 is 5.97 Å². The first-order chi connectivity index (χ1) is 14.7. The molecule has 8 nitrogen and oxygen atoms in total. The van der Waals surface area contributed by atoms with Gasteiger partial charge in [-0.3, -0.25) is 4.79 Å². The zero-order valence-electron chi connectivity index (χ0n) is 17.7. The number of sulfonamides is 1. The summed E-state index contributed by atoms with van der Waals surface area (Å²) in [6.07, 6.45) is 0. The Morgan fingerprint density at radius 3 is 2.26 bits per heavy atom. The summed E-state index contributed by atoms with van der Waals surface area (Å²) < 4.78 is 42.1. The largest absolute Gasteiger partial charge is 0.497 e. The van der Waals surface area contributed by atoms with Crippen LogP contribution in [-0.4, -0.2) is 58.4 Å². The number of Topliss-reactive ketones (excluding diaryl/α,β-unsaturated/α-hetero) is 1. The van der Waals surface area contributed by atoms with Crippen molar-refractivity contribution < 1.29 is 32.2 Å². The number of hydrogen-bond acceptors (Lipinski definition) is 7. The predicted molar refractivity (Wildman–Crippen MR) is 116 cm³/mol. The molecule has 0 aromatic heterocycles. The first kappa shape index (κ1) is 24.6. The van der Waals surface area contributed by atoms with Crippen LogP contribution in [0.25, 0.3) is 0 Å². The molecule has 0 amide bonds. The van der Waals surface area contributed by atoms with E-state index in [9.17, 15) is 18.0 Å². The van der Waals surface area contributed by atoms with Gasteiger partial charge in [0.05, 0.1) is 30.4 Å². The first-order valence-corrected chi connectivity index (χ1v) is 11.2. The smallest absolute Gasteiger partial charge is 0.338 e. The summed E-state index contributed by atoms with van der Waals surface area (Å²) in [5.41, 5.74) is 0.182. The van der Waals surface area contributed by atoms with Crippen molar-refractivity contribution in [1.82, 2.24) is 4.31 Å². The van der Waals surface area contributed by atoms with E-state index in [1.807, 2.05) is 0 Å². The summed E-state index contributed by atoms with van der Waals surface area (Å²) in [6.45, 7) is 3.35. The van der Waals surface area contributed by atoms with E-state index in [-0.39, 0.29) is 39.9 Å². The molecule has 0 bridgehead atoms. The molecule has 168 valence electrons. The highest BCUT2D eigenvalue weighted by Crippen LogP contribution is 2.27. The maximum Gasteiger partial charge on any atom is 0.338 e. The maximum absolute atomic E-state index is 12.8. The molecule has 0 spiro atoms. The molecule has 0 unspecified atom stereocenters. The van der Waals surface area contributed by atoms with Gasteiger partial charge in [0.1, 0.15) is 16.4 Å². The molecule has 0 fully saturated rings. The van der Waals surface area contributed by atoms with Crippen LogP contribution in [0, 0.1) is 0 Å². The monoisotopic (exact) mass is 469 g/mol. The minimum atomic E-state index is -3.88. The number of carbonyl (C=O) groups excluding carboxylic acids is 2. The molecular weight excluding hydrogens is 446 g/mol. The quantitative estimate of drug-likeness (QED) is 0.388. The molecule has 0 atom stereocenters. The van der Waals surface area contributed by atoms with Crippen LogP contribution < -0.4 is 9.47 Å². The highest BCUT2D eigenvalue weighted by molar-refractivity contribution is 7.89. The Bertz CT molecular complexity index is 1070. The van der Waals surface area contributed by atoms with E-state index >= 15 is 0 Å². The van der Waals surface area contributed by atoms with Crippen LogP contribution in [0.4, 0.5) is 0 Å². The second-order valence-corrected chi connectivity index (χ2v) is 8.61. The molecule has 2 aromatic rings. The van der Waals surface area contributed by atoms with Crippen molar-refractivity contribution in [1.29, 1.82) is 0 Å². The topological polar surface area (TPSA) is 99.2 Å². The van der Waals surface area contributed by atoms with Crippen LogP contribution in [0.2, 0.25) is 5.02 Å². The van der Waals surface area contributed by atoms with Crippen LogP contribution in [0.15, 0.2) is 41.3 Å². The summed E-state index contributed by atoms with van der Waals surface area (Å²) >= 11 is 6.07. The van der Waals surface area contributed by atoms with Gasteiger partial charge in [-0.05, 0) is 30.3 Å². The molecule has 2 aromatic carbocycles. The zero-order chi connectivity index (χ0) is 23.2. The van der Waals surface area contributed by atoms with Gasteiger partial charge in [0, 0.05) is 19.2 Å². The number of ketones is 1. The fourth-order valence-electron chi connectivity index (χ4n) is 2.85. The Hall–Kier alpha value is -2.62. The fourth-order valence-corrected chi connectivity index (χ4v) is 4.81.